The van der Waals surface area contributed by atoms with Gasteiger partial charge in [0, 0.05) is 21.8 Å². The summed E-state index contributed by atoms with van der Waals surface area (Å²) < 4.78 is 47.2. The summed E-state index contributed by atoms with van der Waals surface area (Å²) in [6, 6.07) is 3.45. The third kappa shape index (κ3) is 3.24. The normalized spacial score (nSPS) is 20.1. The molecular weight excluding hydrogens is 454 g/mol. The second-order valence-corrected chi connectivity index (χ2v) is 8.54. The highest BCUT2D eigenvalue weighted by molar-refractivity contribution is 9.10. The fourth-order valence-corrected chi connectivity index (χ4v) is 5.32. The Hall–Kier alpha value is -1.22. The van der Waals surface area contributed by atoms with Gasteiger partial charge in [-0.25, -0.2) is 18.2 Å². The van der Waals surface area contributed by atoms with Crippen LogP contribution in [0.3, 0.4) is 0 Å². The Labute approximate surface area is 160 Å². The van der Waals surface area contributed by atoms with Crippen LogP contribution in [-0.4, -0.2) is 32.6 Å². The van der Waals surface area contributed by atoms with Crippen molar-refractivity contribution in [3.63, 3.8) is 0 Å². The van der Waals surface area contributed by atoms with Crippen LogP contribution in [-0.2, 0) is 0 Å². The number of aromatic nitrogens is 3. The average Bonchev–Trinajstić information content (AvgIpc) is 3.02. The van der Waals surface area contributed by atoms with Crippen molar-refractivity contribution >= 4 is 46.2 Å². The van der Waals surface area contributed by atoms with Gasteiger partial charge in [-0.15, -0.1) is 11.3 Å². The Kier molecular flexibility index (Phi) is 4.71. The number of thiophene rings is 1. The van der Waals surface area contributed by atoms with Gasteiger partial charge in [-0.05, 0) is 28.1 Å². The Bertz CT molecular complexity index is 953. The quantitative estimate of drug-likeness (QED) is 0.500. The lowest BCUT2D eigenvalue weighted by atomic mass is 10.1. The third-order valence-electron chi connectivity index (χ3n) is 4.15. The number of ether oxygens (including phenoxy) is 1. The van der Waals surface area contributed by atoms with E-state index >= 15 is 0 Å². The number of nitrogens with one attached hydrogen (secondary N) is 1. The molecule has 2 heterocycles. The smallest absolute Gasteiger partial charge is 0.255 e. The molecule has 1 saturated carbocycles. The molecule has 1 aromatic carbocycles. The van der Waals surface area contributed by atoms with E-state index < -0.39 is 26.6 Å². The number of H-pyrrole nitrogens is 1. The summed E-state index contributed by atoms with van der Waals surface area (Å²) >= 11 is 4.50. The van der Waals surface area contributed by atoms with Crippen LogP contribution >= 0.6 is 36.1 Å². The fraction of sp³-hybridized carbons (Fsp3) is 0.333. The minimum absolute atomic E-state index is 0.117. The summed E-state index contributed by atoms with van der Waals surface area (Å²) in [6.07, 6.45) is 1.17. The van der Waals surface area contributed by atoms with Gasteiger partial charge in [0.2, 0.25) is 0 Å². The summed E-state index contributed by atoms with van der Waals surface area (Å²) in [7, 11) is -0.893. The number of aromatic amines is 1. The molecule has 0 aliphatic heterocycles. The van der Waals surface area contributed by atoms with Gasteiger partial charge in [0.1, 0.15) is 12.1 Å². The maximum atomic E-state index is 14.1. The van der Waals surface area contributed by atoms with Crippen LogP contribution < -0.4 is 4.74 Å². The summed E-state index contributed by atoms with van der Waals surface area (Å²) in [5.41, 5.74) is 0.638. The molecule has 11 heteroatoms. The van der Waals surface area contributed by atoms with Crippen molar-refractivity contribution in [3.05, 3.63) is 27.8 Å². The van der Waals surface area contributed by atoms with Crippen molar-refractivity contribution in [1.82, 2.24) is 15.2 Å². The molecule has 2 N–H and O–H groups in total. The molecule has 4 rings (SSSR count). The van der Waals surface area contributed by atoms with Crippen molar-refractivity contribution in [2.24, 2.45) is 5.92 Å². The first kappa shape index (κ1) is 18.2. The molecule has 5 nitrogen and oxygen atoms in total. The number of halogens is 4. The topological polar surface area (TPSA) is 71.0 Å². The molecule has 26 heavy (non-hydrogen) atoms. The van der Waals surface area contributed by atoms with Crippen molar-refractivity contribution < 1.29 is 22.8 Å². The Morgan fingerprint density at radius 2 is 2.27 bits per heavy atom. The molecular formula is C15H12BrF3N3O2PS. The molecule has 0 spiro atoms. The van der Waals surface area contributed by atoms with Gasteiger partial charge >= 0.3 is 0 Å². The van der Waals surface area contributed by atoms with Crippen LogP contribution in [0.4, 0.5) is 13.2 Å². The number of fused-ring (bicyclic) bond motifs is 1. The monoisotopic (exact) mass is 465 g/mol. The van der Waals surface area contributed by atoms with Crippen molar-refractivity contribution in [2.75, 3.05) is 6.61 Å². The van der Waals surface area contributed by atoms with E-state index in [4.69, 9.17) is 9.63 Å². The van der Waals surface area contributed by atoms with E-state index in [1.54, 1.807) is 12.1 Å². The molecule has 0 amide bonds. The molecule has 1 aliphatic carbocycles. The Morgan fingerprint density at radius 1 is 1.50 bits per heavy atom. The molecule has 0 saturated heterocycles. The molecule has 0 radical (unpaired) electrons. The van der Waals surface area contributed by atoms with Gasteiger partial charge in [-0.2, -0.15) is 5.10 Å². The van der Waals surface area contributed by atoms with Crippen molar-refractivity contribution in [1.29, 1.82) is 0 Å². The van der Waals surface area contributed by atoms with Crippen LogP contribution in [0.15, 0.2) is 22.9 Å². The van der Waals surface area contributed by atoms with Gasteiger partial charge in [-0.1, -0.05) is 0 Å². The molecule has 3 aromatic rings. The van der Waals surface area contributed by atoms with Crippen molar-refractivity contribution in [3.8, 4) is 17.1 Å². The molecule has 3 atom stereocenters. The molecule has 138 valence electrons. The van der Waals surface area contributed by atoms with Crippen LogP contribution in [0.5, 0.6) is 5.75 Å². The number of rotatable bonds is 6. The van der Waals surface area contributed by atoms with Crippen LogP contribution in [0.1, 0.15) is 17.2 Å². The lowest BCUT2D eigenvalue weighted by Gasteiger charge is -2.09. The Morgan fingerprint density at radius 3 is 2.88 bits per heavy atom. The van der Waals surface area contributed by atoms with E-state index in [1.807, 2.05) is 0 Å². The molecule has 2 aromatic heterocycles. The summed E-state index contributed by atoms with van der Waals surface area (Å²) in [5, 5.41) is 7.20. The zero-order valence-corrected chi connectivity index (χ0v) is 16.4. The summed E-state index contributed by atoms with van der Waals surface area (Å²) in [5.74, 6) is -4.14. The maximum Gasteiger partial charge on any atom is 0.255 e. The Balaban J connectivity index is 1.78. The van der Waals surface area contributed by atoms with Gasteiger partial charge in [0.05, 0.1) is 30.9 Å². The highest BCUT2D eigenvalue weighted by Gasteiger charge is 2.57. The number of hydrogen-bond donors (Lipinski definition) is 2. The highest BCUT2D eigenvalue weighted by atomic mass is 79.9. The predicted octanol–water partition coefficient (Wildman–Crippen LogP) is 5.04. The predicted molar refractivity (Wildman–Crippen MR) is 97.8 cm³/mol. The lowest BCUT2D eigenvalue weighted by molar-refractivity contribution is 0.0858. The van der Waals surface area contributed by atoms with Crippen LogP contribution in [0, 0.1) is 5.92 Å². The maximum absolute atomic E-state index is 14.1. The van der Waals surface area contributed by atoms with Gasteiger partial charge in [-0.3, -0.25) is 5.10 Å². The molecule has 3 unspecified atom stereocenters. The second kappa shape index (κ2) is 6.74. The zero-order chi connectivity index (χ0) is 18.5. The lowest BCUT2D eigenvalue weighted by Crippen LogP contribution is -2.05. The minimum atomic E-state index is -2.68. The van der Waals surface area contributed by atoms with Gasteiger partial charge in [0.25, 0.3) is 5.92 Å². The van der Waals surface area contributed by atoms with E-state index in [0.717, 1.165) is 11.3 Å². The average molecular weight is 466 g/mol. The highest BCUT2D eigenvalue weighted by Crippen LogP contribution is 2.51. The fourth-order valence-electron chi connectivity index (χ4n) is 2.61. The third-order valence-corrected chi connectivity index (χ3v) is 7.24. The van der Waals surface area contributed by atoms with E-state index in [2.05, 4.69) is 31.1 Å². The van der Waals surface area contributed by atoms with Gasteiger partial charge < -0.3 is 9.63 Å². The van der Waals surface area contributed by atoms with E-state index in [9.17, 15) is 13.2 Å². The largest absolute Gasteiger partial charge is 0.492 e. The van der Waals surface area contributed by atoms with E-state index in [-0.39, 0.29) is 13.0 Å². The van der Waals surface area contributed by atoms with Crippen LogP contribution in [0.25, 0.3) is 21.5 Å². The minimum Gasteiger partial charge on any atom is -0.492 e. The molecule has 1 aliphatic rings. The summed E-state index contributed by atoms with van der Waals surface area (Å²) in [6.45, 7) is -0.117. The summed E-state index contributed by atoms with van der Waals surface area (Å²) in [4.78, 5) is 13.6. The van der Waals surface area contributed by atoms with Crippen molar-refractivity contribution in [2.45, 2.75) is 18.3 Å². The van der Waals surface area contributed by atoms with Gasteiger partial charge in [0.15, 0.2) is 11.7 Å². The molecule has 1 fully saturated rings. The SMILES string of the molecule is OPC(F)c1sc2c(OCC3CC3(F)F)cc(-c3ncn[nH]3)cc2c1Br. The zero-order valence-electron chi connectivity index (χ0n) is 13.0. The number of benzene rings is 1. The van der Waals surface area contributed by atoms with E-state index in [1.165, 1.54) is 6.33 Å². The first-order valence-electron chi connectivity index (χ1n) is 7.56. The first-order chi connectivity index (χ1) is 12.4. The number of hydrogen-bond acceptors (Lipinski definition) is 5. The van der Waals surface area contributed by atoms with Crippen LogP contribution in [0.2, 0.25) is 0 Å². The number of nitrogens with zero attached hydrogens (tertiary/aromatic N) is 2. The second-order valence-electron chi connectivity index (χ2n) is 5.93. The van der Waals surface area contributed by atoms with E-state index in [0.29, 0.717) is 36.6 Å². The molecule has 0 bridgehead atoms. The standard InChI is InChI=1S/C15H12BrF3N3O2PS/c16-10-8-1-6(14-20-5-21-22-14)2-9(24-4-7-3-15(7,18)19)11(8)26-12(10)13(17)25-23/h1-2,5,7,13,23,25H,3-4H2,(H,20,21,22). The number of alkyl halides is 3. The first-order valence-corrected chi connectivity index (χ1v) is 10.2.